The summed E-state index contributed by atoms with van der Waals surface area (Å²) < 4.78 is 39.7. The highest BCUT2D eigenvalue weighted by Crippen LogP contribution is 2.40. The van der Waals surface area contributed by atoms with Gasteiger partial charge in [0.2, 0.25) is 11.8 Å². The Kier molecular flexibility index (Phi) is 5.63. The molecule has 0 radical (unpaired) electrons. The number of aromatic nitrogens is 1. The number of carbonyl (C=O) groups excluding carboxylic acids is 3. The Morgan fingerprint density at radius 3 is 2.47 bits per heavy atom. The van der Waals surface area contributed by atoms with Crippen LogP contribution in [0.5, 0.6) is 0 Å². The molecule has 0 atom stereocenters. The number of pyridine rings is 1. The van der Waals surface area contributed by atoms with Crippen molar-refractivity contribution in [3.05, 3.63) is 90.3 Å². The Bertz CT molecular complexity index is 1520. The average molecular weight is 490 g/mol. The topological polar surface area (TPSA) is 91.4 Å². The average Bonchev–Trinajstić information content (AvgIpc) is 2.98. The van der Waals surface area contributed by atoms with Crippen LogP contribution in [0.25, 0.3) is 10.8 Å². The zero-order chi connectivity index (χ0) is 25.4. The molecule has 0 saturated heterocycles. The Hall–Kier alpha value is -4.73. The highest BCUT2D eigenvalue weighted by Gasteiger charge is 2.35. The van der Waals surface area contributed by atoms with E-state index in [0.29, 0.717) is 17.1 Å². The van der Waals surface area contributed by atoms with Crippen LogP contribution in [-0.2, 0) is 15.8 Å². The van der Waals surface area contributed by atoms with Gasteiger partial charge in [-0.1, -0.05) is 30.3 Å². The minimum absolute atomic E-state index is 0.218. The van der Waals surface area contributed by atoms with E-state index in [9.17, 15) is 27.6 Å². The smallest absolute Gasteiger partial charge is 0.323 e. The van der Waals surface area contributed by atoms with Gasteiger partial charge in [0.15, 0.2) is 0 Å². The summed E-state index contributed by atoms with van der Waals surface area (Å²) in [4.78, 5) is 42.9. The molecular weight excluding hydrogens is 473 g/mol. The van der Waals surface area contributed by atoms with Crippen molar-refractivity contribution in [3.63, 3.8) is 0 Å². The monoisotopic (exact) mass is 490 g/mol. The maximum Gasteiger partial charge on any atom is 0.417 e. The lowest BCUT2D eigenvalue weighted by atomic mass is 10.1. The summed E-state index contributed by atoms with van der Waals surface area (Å²) in [5.74, 6) is -1.87. The maximum absolute atomic E-state index is 13.2. The van der Waals surface area contributed by atoms with Crippen LogP contribution in [-0.4, -0.2) is 22.7 Å². The second-order valence-corrected chi connectivity index (χ2v) is 8.05. The van der Waals surface area contributed by atoms with E-state index in [0.717, 1.165) is 29.2 Å². The maximum atomic E-state index is 13.2. The molecule has 180 valence electrons. The Balaban J connectivity index is 1.47. The number of nitrogens with one attached hydrogen (secondary N) is 2. The molecule has 0 unspecified atom stereocenters. The number of anilines is 4. The quantitative estimate of drug-likeness (QED) is 0.371. The summed E-state index contributed by atoms with van der Waals surface area (Å²) in [7, 11) is 0. The third-order valence-electron chi connectivity index (χ3n) is 5.73. The van der Waals surface area contributed by atoms with Crippen LogP contribution in [0.15, 0.2) is 79.1 Å². The minimum Gasteiger partial charge on any atom is -0.323 e. The van der Waals surface area contributed by atoms with Crippen LogP contribution in [0.2, 0.25) is 0 Å². The fourth-order valence-electron chi connectivity index (χ4n) is 4.11. The van der Waals surface area contributed by atoms with E-state index < -0.39 is 35.0 Å². The molecule has 0 bridgehead atoms. The van der Waals surface area contributed by atoms with E-state index in [4.69, 9.17) is 0 Å². The summed E-state index contributed by atoms with van der Waals surface area (Å²) in [6.45, 7) is 0. The molecule has 5 rings (SSSR count). The Morgan fingerprint density at radius 2 is 1.72 bits per heavy atom. The minimum atomic E-state index is -4.71. The summed E-state index contributed by atoms with van der Waals surface area (Å²) in [6, 6.07) is 17.7. The fourth-order valence-corrected chi connectivity index (χ4v) is 4.11. The van der Waals surface area contributed by atoms with Gasteiger partial charge in [0.25, 0.3) is 5.91 Å². The van der Waals surface area contributed by atoms with Gasteiger partial charge in [-0.25, -0.2) is 0 Å². The third kappa shape index (κ3) is 4.24. The first-order valence-electron chi connectivity index (χ1n) is 10.8. The lowest BCUT2D eigenvalue weighted by molar-refractivity contribution is -0.138. The van der Waals surface area contributed by atoms with E-state index in [2.05, 4.69) is 15.6 Å². The molecule has 0 spiro atoms. The lowest BCUT2D eigenvalue weighted by Crippen LogP contribution is -2.26. The molecule has 1 aliphatic rings. The highest BCUT2D eigenvalue weighted by molar-refractivity contribution is 6.21. The van der Waals surface area contributed by atoms with Crippen molar-refractivity contribution in [1.82, 2.24) is 4.98 Å². The number of halogens is 3. The first-order chi connectivity index (χ1) is 17.2. The fraction of sp³-hybridized carbons (Fsp3) is 0.0769. The van der Waals surface area contributed by atoms with Gasteiger partial charge in [0.1, 0.15) is 6.42 Å². The van der Waals surface area contributed by atoms with Crippen molar-refractivity contribution < 1.29 is 27.6 Å². The molecule has 10 heteroatoms. The first kappa shape index (κ1) is 23.0. The largest absolute Gasteiger partial charge is 0.417 e. The molecule has 3 amide bonds. The second kappa shape index (κ2) is 8.81. The molecule has 0 fully saturated rings. The lowest BCUT2D eigenvalue weighted by Gasteiger charge is -2.23. The number of nitrogens with zero attached hydrogens (tertiary/aromatic N) is 2. The van der Waals surface area contributed by atoms with Gasteiger partial charge in [-0.2, -0.15) is 13.2 Å². The van der Waals surface area contributed by atoms with Gasteiger partial charge in [0.05, 0.1) is 22.5 Å². The summed E-state index contributed by atoms with van der Waals surface area (Å²) in [5, 5.41) is 6.89. The van der Waals surface area contributed by atoms with E-state index in [1.807, 2.05) is 30.3 Å². The van der Waals surface area contributed by atoms with Gasteiger partial charge in [-0.05, 0) is 41.8 Å². The van der Waals surface area contributed by atoms with E-state index in [1.54, 1.807) is 6.07 Å². The number of alkyl halides is 3. The molecule has 1 aromatic heterocycles. The predicted molar refractivity (Wildman–Crippen MR) is 128 cm³/mol. The summed E-state index contributed by atoms with van der Waals surface area (Å²) in [6.07, 6.45) is -3.26. The molecule has 36 heavy (non-hydrogen) atoms. The van der Waals surface area contributed by atoms with Crippen LogP contribution in [0.1, 0.15) is 22.3 Å². The number of carbonyl (C=O) groups is 3. The summed E-state index contributed by atoms with van der Waals surface area (Å²) in [5.41, 5.74) is -0.0895. The van der Waals surface area contributed by atoms with Crippen molar-refractivity contribution >= 4 is 51.2 Å². The van der Waals surface area contributed by atoms with Crippen molar-refractivity contribution in [3.8, 4) is 0 Å². The van der Waals surface area contributed by atoms with Crippen molar-refractivity contribution in [2.75, 3.05) is 15.5 Å². The first-order valence-corrected chi connectivity index (χ1v) is 10.8. The summed E-state index contributed by atoms with van der Waals surface area (Å²) >= 11 is 0. The standard InChI is InChI=1S/C26H17F3N4O3/c27-26(28,29)20-11-12-30-14-19(20)25(36)31-16-6-8-17(9-7-16)33-21-10-5-15-3-1-2-4-18(15)24(21)32-22(34)13-23(33)35/h1-12,14H,13H2,(H,31,36)(H,32,34). The van der Waals surface area contributed by atoms with Gasteiger partial charge in [-0.15, -0.1) is 0 Å². The Labute approximate surface area is 202 Å². The van der Waals surface area contributed by atoms with Crippen molar-refractivity contribution in [2.24, 2.45) is 0 Å². The normalized spacial score (nSPS) is 13.7. The number of fused-ring (bicyclic) bond motifs is 3. The molecule has 7 nitrogen and oxygen atoms in total. The van der Waals surface area contributed by atoms with E-state index in [-0.39, 0.29) is 12.1 Å². The van der Waals surface area contributed by atoms with Gasteiger partial charge in [0, 0.05) is 29.2 Å². The number of benzene rings is 3. The van der Waals surface area contributed by atoms with Crippen molar-refractivity contribution in [1.29, 1.82) is 0 Å². The van der Waals surface area contributed by atoms with Gasteiger partial charge in [-0.3, -0.25) is 24.3 Å². The van der Waals surface area contributed by atoms with E-state index >= 15 is 0 Å². The van der Waals surface area contributed by atoms with Crippen LogP contribution < -0.4 is 15.5 Å². The number of hydrogen-bond acceptors (Lipinski definition) is 4. The van der Waals surface area contributed by atoms with E-state index in [1.165, 1.54) is 29.2 Å². The molecular formula is C26H17F3N4O3. The van der Waals surface area contributed by atoms with Gasteiger partial charge < -0.3 is 10.6 Å². The zero-order valence-corrected chi connectivity index (χ0v) is 18.5. The highest BCUT2D eigenvalue weighted by atomic mass is 19.4. The van der Waals surface area contributed by atoms with Crippen molar-refractivity contribution in [2.45, 2.75) is 12.6 Å². The van der Waals surface area contributed by atoms with Crippen LogP contribution >= 0.6 is 0 Å². The molecule has 0 saturated carbocycles. The molecule has 4 aromatic rings. The molecule has 2 N–H and O–H groups in total. The van der Waals surface area contributed by atoms with Crippen LogP contribution in [0.4, 0.5) is 35.9 Å². The molecule has 0 aliphatic carbocycles. The number of hydrogen-bond donors (Lipinski definition) is 2. The zero-order valence-electron chi connectivity index (χ0n) is 18.5. The third-order valence-corrected chi connectivity index (χ3v) is 5.73. The number of amides is 3. The van der Waals surface area contributed by atoms with Gasteiger partial charge >= 0.3 is 6.18 Å². The SMILES string of the molecule is O=C1CC(=O)N(c2ccc(NC(=O)c3cnccc3C(F)(F)F)cc2)c2ccc3ccccc3c2N1. The number of rotatable bonds is 3. The predicted octanol–water partition coefficient (Wildman–Crippen LogP) is 5.51. The Morgan fingerprint density at radius 1 is 0.972 bits per heavy atom. The molecule has 1 aliphatic heterocycles. The van der Waals surface area contributed by atoms with Crippen LogP contribution in [0, 0.1) is 0 Å². The molecule has 2 heterocycles. The second-order valence-electron chi connectivity index (χ2n) is 8.05. The molecule has 3 aromatic carbocycles. The van der Waals surface area contributed by atoms with Crippen LogP contribution in [0.3, 0.4) is 0 Å².